The van der Waals surface area contributed by atoms with Gasteiger partial charge in [0.2, 0.25) is 0 Å². The fourth-order valence-electron chi connectivity index (χ4n) is 9.69. The molecule has 8 bridgehead atoms. The lowest BCUT2D eigenvalue weighted by Gasteiger charge is -2.41. The van der Waals surface area contributed by atoms with Gasteiger partial charge in [-0.2, -0.15) is 0 Å². The van der Waals surface area contributed by atoms with Gasteiger partial charge in [-0.25, -0.2) is 0 Å². The maximum absolute atomic E-state index is 6.13. The van der Waals surface area contributed by atoms with Crippen LogP contribution >= 0.6 is 0 Å². The Labute approximate surface area is 290 Å². The zero-order valence-electron chi connectivity index (χ0n) is 30.8. The molecule has 0 heterocycles. The lowest BCUT2D eigenvalue weighted by molar-refractivity contribution is -0.0509. The van der Waals surface area contributed by atoms with Crippen molar-refractivity contribution < 1.29 is 37.9 Å². The van der Waals surface area contributed by atoms with Crippen LogP contribution in [0, 0.1) is 47.3 Å². The molecular weight excluding hydrogens is 608 g/mol. The summed E-state index contributed by atoms with van der Waals surface area (Å²) in [6.07, 6.45) is 27.4. The summed E-state index contributed by atoms with van der Waals surface area (Å²) in [6.45, 7) is 0. The van der Waals surface area contributed by atoms with Crippen molar-refractivity contribution in [2.24, 2.45) is 47.3 Å². The van der Waals surface area contributed by atoms with Crippen molar-refractivity contribution >= 4 is 0 Å². The Bertz CT molecular complexity index is 841. The van der Waals surface area contributed by atoms with E-state index in [0.717, 1.165) is 51.4 Å². The van der Waals surface area contributed by atoms with E-state index < -0.39 is 0 Å². The van der Waals surface area contributed by atoms with Gasteiger partial charge in [0, 0.05) is 104 Å². The second-order valence-electron chi connectivity index (χ2n) is 14.9. The third-order valence-corrected chi connectivity index (χ3v) is 12.7. The molecule has 48 heavy (non-hydrogen) atoms. The van der Waals surface area contributed by atoms with Crippen LogP contribution in [-0.4, -0.2) is 106 Å². The zero-order valence-corrected chi connectivity index (χ0v) is 30.8. The number of methoxy groups -OCH3 is 8. The lowest BCUT2D eigenvalue weighted by Crippen LogP contribution is -2.42. The molecule has 0 radical (unpaired) electrons. The van der Waals surface area contributed by atoms with Crippen LogP contribution in [0.25, 0.3) is 0 Å². The third-order valence-electron chi connectivity index (χ3n) is 12.7. The van der Waals surface area contributed by atoms with Crippen molar-refractivity contribution in [2.75, 3.05) is 56.9 Å². The molecule has 8 nitrogen and oxygen atoms in total. The minimum atomic E-state index is 0.122. The Morgan fingerprint density at radius 3 is 0.417 bits per heavy atom. The molecule has 272 valence electrons. The molecule has 0 spiro atoms. The topological polar surface area (TPSA) is 73.8 Å². The molecule has 4 fully saturated rings. The van der Waals surface area contributed by atoms with E-state index in [9.17, 15) is 0 Å². The number of hydrogen-bond donors (Lipinski definition) is 0. The van der Waals surface area contributed by atoms with E-state index in [2.05, 4.69) is 48.6 Å². The number of ether oxygens (including phenoxy) is 8. The van der Waals surface area contributed by atoms with Gasteiger partial charge in [-0.1, -0.05) is 48.6 Å². The van der Waals surface area contributed by atoms with Crippen LogP contribution in [0.3, 0.4) is 0 Å². The molecule has 14 aliphatic carbocycles. The van der Waals surface area contributed by atoms with Crippen LogP contribution < -0.4 is 0 Å². The van der Waals surface area contributed by atoms with Crippen LogP contribution in [0.5, 0.6) is 0 Å². The fourth-order valence-corrected chi connectivity index (χ4v) is 9.69. The first-order chi connectivity index (χ1) is 23.4. The molecule has 14 rings (SSSR count). The SMILES string of the molecule is COC1C[C@@H]2/C=C\[C@H]3CC(OC)[C@@H](/C=C\[C@H]4CC(OC)[C@@H](/C=C\[C@H]5CC(OC)[C@@H](/C=C\[C@H]1CC2OC)CC5OC)CC4OC)CC3OC. The summed E-state index contributed by atoms with van der Waals surface area (Å²) in [5.74, 6) is 2.17. The summed E-state index contributed by atoms with van der Waals surface area (Å²) in [4.78, 5) is 0. The molecule has 14 aliphatic rings. The van der Waals surface area contributed by atoms with Crippen molar-refractivity contribution in [3.8, 4) is 0 Å². The molecule has 4 saturated carbocycles. The van der Waals surface area contributed by atoms with Gasteiger partial charge >= 0.3 is 0 Å². The Balaban J connectivity index is 1.48. The maximum Gasteiger partial charge on any atom is 0.0641 e. The number of hydrogen-bond acceptors (Lipinski definition) is 8. The van der Waals surface area contributed by atoms with Crippen LogP contribution in [0.1, 0.15) is 51.4 Å². The smallest absolute Gasteiger partial charge is 0.0641 e. The first-order valence-corrected chi connectivity index (χ1v) is 18.4. The second-order valence-corrected chi connectivity index (χ2v) is 14.9. The van der Waals surface area contributed by atoms with Crippen LogP contribution in [0.15, 0.2) is 48.6 Å². The molecule has 0 aromatic rings. The van der Waals surface area contributed by atoms with Crippen molar-refractivity contribution in [3.63, 3.8) is 0 Å². The van der Waals surface area contributed by atoms with Gasteiger partial charge in [-0.3, -0.25) is 0 Å². The fraction of sp³-hybridized carbons (Fsp3) is 0.800. The molecule has 8 heteroatoms. The summed E-state index contributed by atoms with van der Waals surface area (Å²) < 4.78 is 49.0. The number of rotatable bonds is 8. The van der Waals surface area contributed by atoms with E-state index in [0.29, 0.717) is 0 Å². The molecule has 0 aromatic carbocycles. The highest BCUT2D eigenvalue weighted by Crippen LogP contribution is 2.42. The highest BCUT2D eigenvalue weighted by Gasteiger charge is 2.41. The zero-order chi connectivity index (χ0) is 34.2. The summed E-state index contributed by atoms with van der Waals surface area (Å²) in [7, 11) is 14.8. The summed E-state index contributed by atoms with van der Waals surface area (Å²) in [5.41, 5.74) is 0. The molecular formula is C40H64O8. The lowest BCUT2D eigenvalue weighted by atomic mass is 9.72. The Morgan fingerprint density at radius 1 is 0.229 bits per heavy atom. The standard InChI is InChI=1S/C40H64O8/c1-41-33-17-26-11-12-28-20-38(46-6)30(22-37(28)45-5)15-16-32-24-39(47-7)31(23-40(32)48-8)14-13-29-21-35(43-3)27(19-36(29)44-4)10-9-25(33)18-34(26)42-2/h9-16,25-40H,17-24H2,1-8H3/b10-9-,12-11-,14-13-,16-15-/t25-,26-,27-,28-,29-,30-,31-,32-,33?,34?,35?,36?,37?,38?,39?,40?/m0/s1. The summed E-state index contributed by atoms with van der Waals surface area (Å²) in [5, 5.41) is 0. The van der Waals surface area contributed by atoms with E-state index in [1.807, 2.05) is 56.9 Å². The van der Waals surface area contributed by atoms with Gasteiger partial charge < -0.3 is 37.9 Å². The minimum Gasteiger partial charge on any atom is -0.381 e. The molecule has 0 saturated heterocycles. The van der Waals surface area contributed by atoms with Crippen LogP contribution in [-0.2, 0) is 37.9 Å². The van der Waals surface area contributed by atoms with Crippen molar-refractivity contribution in [3.05, 3.63) is 48.6 Å². The van der Waals surface area contributed by atoms with E-state index >= 15 is 0 Å². The molecule has 0 aromatic heterocycles. The Morgan fingerprint density at radius 2 is 0.333 bits per heavy atom. The average Bonchev–Trinajstić information content (AvgIpc) is 3.13. The van der Waals surface area contributed by atoms with E-state index in [-0.39, 0.29) is 96.2 Å². The molecule has 0 amide bonds. The normalized spacial score (nSPS) is 47.8. The highest BCUT2D eigenvalue weighted by atomic mass is 16.5. The predicted molar refractivity (Wildman–Crippen MR) is 188 cm³/mol. The predicted octanol–water partition coefficient (Wildman–Crippen LogP) is 6.45. The van der Waals surface area contributed by atoms with Gasteiger partial charge in [-0.05, 0) is 51.4 Å². The third kappa shape index (κ3) is 8.74. The summed E-state index contributed by atoms with van der Waals surface area (Å²) in [6, 6.07) is 0. The van der Waals surface area contributed by atoms with E-state index in [1.165, 1.54) is 0 Å². The van der Waals surface area contributed by atoms with Gasteiger partial charge in [0.15, 0.2) is 0 Å². The van der Waals surface area contributed by atoms with Gasteiger partial charge in [0.1, 0.15) is 0 Å². The first kappa shape index (κ1) is 37.9. The first-order valence-electron chi connectivity index (χ1n) is 18.4. The molecule has 0 aliphatic heterocycles. The largest absolute Gasteiger partial charge is 0.381 e. The molecule has 16 atom stereocenters. The van der Waals surface area contributed by atoms with Crippen LogP contribution in [0.2, 0.25) is 0 Å². The second kappa shape index (κ2) is 18.2. The maximum atomic E-state index is 6.13. The molecule has 0 N–H and O–H groups in total. The van der Waals surface area contributed by atoms with Crippen LogP contribution in [0.4, 0.5) is 0 Å². The Kier molecular flexibility index (Phi) is 14.4. The van der Waals surface area contributed by atoms with Crippen molar-refractivity contribution in [2.45, 2.75) is 100 Å². The van der Waals surface area contributed by atoms with Crippen molar-refractivity contribution in [1.82, 2.24) is 0 Å². The Hall–Kier alpha value is -1.36. The van der Waals surface area contributed by atoms with E-state index in [1.54, 1.807) is 0 Å². The quantitative estimate of drug-likeness (QED) is 0.273. The van der Waals surface area contributed by atoms with Gasteiger partial charge in [0.05, 0.1) is 48.8 Å². The summed E-state index contributed by atoms with van der Waals surface area (Å²) >= 11 is 0. The van der Waals surface area contributed by atoms with E-state index in [4.69, 9.17) is 37.9 Å². The highest BCUT2D eigenvalue weighted by molar-refractivity contribution is 5.13. The van der Waals surface area contributed by atoms with Crippen molar-refractivity contribution in [1.29, 1.82) is 0 Å². The average molecular weight is 673 g/mol. The minimum absolute atomic E-state index is 0.122. The van der Waals surface area contributed by atoms with Gasteiger partial charge in [0.25, 0.3) is 0 Å². The van der Waals surface area contributed by atoms with Gasteiger partial charge in [-0.15, -0.1) is 0 Å². The molecule has 8 unspecified atom stereocenters. The monoisotopic (exact) mass is 672 g/mol.